The normalized spacial score (nSPS) is 25.1. The van der Waals surface area contributed by atoms with Crippen LogP contribution in [0.3, 0.4) is 0 Å². The van der Waals surface area contributed by atoms with Crippen LogP contribution in [0.2, 0.25) is 0 Å². The van der Waals surface area contributed by atoms with E-state index in [2.05, 4.69) is 20.0 Å². The van der Waals surface area contributed by atoms with Crippen molar-refractivity contribution in [2.75, 3.05) is 12.4 Å². The number of carbonyl (C=O) groups is 1. The minimum atomic E-state index is -0.506. The van der Waals surface area contributed by atoms with Gasteiger partial charge < -0.3 is 15.2 Å². The number of nitrogens with zero attached hydrogens (tertiary/aromatic N) is 2. The molecule has 0 aliphatic heterocycles. The summed E-state index contributed by atoms with van der Waals surface area (Å²) in [5.41, 5.74) is -0.00107. The van der Waals surface area contributed by atoms with E-state index in [0.29, 0.717) is 12.2 Å². The number of aliphatic hydroxyl groups excluding tert-OH is 1. The van der Waals surface area contributed by atoms with Gasteiger partial charge in [-0.15, -0.1) is 0 Å². The Bertz CT molecular complexity index is 444. The molecule has 1 fully saturated rings. The third-order valence-electron chi connectivity index (χ3n) is 3.58. The van der Waals surface area contributed by atoms with E-state index in [1.165, 1.54) is 19.5 Å². The van der Waals surface area contributed by atoms with Crippen LogP contribution in [0.25, 0.3) is 0 Å². The van der Waals surface area contributed by atoms with Crippen molar-refractivity contribution < 1.29 is 14.6 Å². The van der Waals surface area contributed by atoms with Gasteiger partial charge in [-0.2, -0.15) is 0 Å². The van der Waals surface area contributed by atoms with E-state index >= 15 is 0 Å². The first-order valence-corrected chi connectivity index (χ1v) is 5.80. The van der Waals surface area contributed by atoms with Gasteiger partial charge in [0, 0.05) is 11.5 Å². The largest absolute Gasteiger partial charge is 0.464 e. The minimum absolute atomic E-state index is 0.158. The zero-order valence-corrected chi connectivity index (χ0v) is 10.7. The summed E-state index contributed by atoms with van der Waals surface area (Å²) in [6.07, 6.45) is 3.26. The highest BCUT2D eigenvalue weighted by molar-refractivity contribution is 5.86. The Morgan fingerprint density at radius 2 is 2.22 bits per heavy atom. The standard InChI is InChI=1S/C12H17N3O3/c1-12(2)8(4-9(12)16)15-10-6-13-7(5-14-10)11(17)18-3/h5-6,8-9,16H,4H2,1-3H3,(H,14,15). The Hall–Kier alpha value is -1.69. The fourth-order valence-corrected chi connectivity index (χ4v) is 1.94. The van der Waals surface area contributed by atoms with Crippen molar-refractivity contribution >= 4 is 11.8 Å². The average Bonchev–Trinajstić information content (AvgIpc) is 2.38. The number of nitrogens with one attached hydrogen (secondary N) is 1. The van der Waals surface area contributed by atoms with Crippen LogP contribution in [0.4, 0.5) is 5.82 Å². The second kappa shape index (κ2) is 4.53. The molecule has 0 spiro atoms. The molecule has 0 radical (unpaired) electrons. The fourth-order valence-electron chi connectivity index (χ4n) is 1.94. The van der Waals surface area contributed by atoms with Crippen LogP contribution < -0.4 is 5.32 Å². The molecule has 0 amide bonds. The third kappa shape index (κ3) is 2.15. The molecule has 18 heavy (non-hydrogen) atoms. The molecule has 0 bridgehead atoms. The summed E-state index contributed by atoms with van der Waals surface area (Å²) in [4.78, 5) is 19.3. The van der Waals surface area contributed by atoms with E-state index in [-0.39, 0.29) is 23.3 Å². The zero-order chi connectivity index (χ0) is 13.3. The highest BCUT2D eigenvalue weighted by Gasteiger charge is 2.47. The molecule has 0 aromatic carbocycles. The van der Waals surface area contributed by atoms with Crippen molar-refractivity contribution in [3.63, 3.8) is 0 Å². The first-order valence-electron chi connectivity index (χ1n) is 5.80. The Morgan fingerprint density at radius 1 is 1.50 bits per heavy atom. The molecule has 1 saturated carbocycles. The van der Waals surface area contributed by atoms with Crippen LogP contribution in [-0.4, -0.2) is 40.3 Å². The molecule has 1 heterocycles. The molecule has 6 heteroatoms. The highest BCUT2D eigenvalue weighted by atomic mass is 16.5. The van der Waals surface area contributed by atoms with Crippen LogP contribution in [0, 0.1) is 5.41 Å². The van der Waals surface area contributed by atoms with Crippen LogP contribution in [-0.2, 0) is 4.74 Å². The van der Waals surface area contributed by atoms with E-state index < -0.39 is 5.97 Å². The Morgan fingerprint density at radius 3 is 2.67 bits per heavy atom. The maximum Gasteiger partial charge on any atom is 0.358 e. The Kier molecular flexibility index (Phi) is 3.21. The van der Waals surface area contributed by atoms with Crippen molar-refractivity contribution in [3.05, 3.63) is 18.1 Å². The number of hydrogen-bond acceptors (Lipinski definition) is 6. The molecule has 2 N–H and O–H groups in total. The number of rotatable bonds is 3. The van der Waals surface area contributed by atoms with E-state index in [0.717, 1.165) is 0 Å². The van der Waals surface area contributed by atoms with Gasteiger partial charge in [0.15, 0.2) is 5.69 Å². The molecule has 98 valence electrons. The summed E-state index contributed by atoms with van der Waals surface area (Å²) in [6, 6.07) is 0.158. The van der Waals surface area contributed by atoms with Crippen molar-refractivity contribution in [1.29, 1.82) is 0 Å². The second-order valence-corrected chi connectivity index (χ2v) is 5.05. The summed E-state index contributed by atoms with van der Waals surface area (Å²) < 4.78 is 4.54. The third-order valence-corrected chi connectivity index (χ3v) is 3.58. The lowest BCUT2D eigenvalue weighted by molar-refractivity contribution is -0.0511. The van der Waals surface area contributed by atoms with Gasteiger partial charge in [0.2, 0.25) is 0 Å². The lowest BCUT2D eigenvalue weighted by atomic mass is 9.64. The van der Waals surface area contributed by atoms with E-state index in [4.69, 9.17) is 0 Å². The van der Waals surface area contributed by atoms with Crippen molar-refractivity contribution in [2.45, 2.75) is 32.4 Å². The van der Waals surface area contributed by atoms with E-state index in [1.54, 1.807) is 0 Å². The molecule has 1 aromatic heterocycles. The van der Waals surface area contributed by atoms with Gasteiger partial charge in [0.25, 0.3) is 0 Å². The Balaban J connectivity index is 2.01. The van der Waals surface area contributed by atoms with E-state index in [9.17, 15) is 9.90 Å². The minimum Gasteiger partial charge on any atom is -0.464 e. The topological polar surface area (TPSA) is 84.3 Å². The molecule has 6 nitrogen and oxygen atoms in total. The first-order chi connectivity index (χ1) is 8.45. The lowest BCUT2D eigenvalue weighted by Crippen LogP contribution is -2.57. The molecule has 1 aliphatic carbocycles. The number of aromatic nitrogens is 2. The van der Waals surface area contributed by atoms with Crippen LogP contribution in [0.15, 0.2) is 12.4 Å². The lowest BCUT2D eigenvalue weighted by Gasteiger charge is -2.49. The Labute approximate surface area is 105 Å². The number of esters is 1. The number of aliphatic hydroxyl groups is 1. The van der Waals surface area contributed by atoms with Crippen molar-refractivity contribution in [3.8, 4) is 0 Å². The van der Waals surface area contributed by atoms with Crippen LogP contribution in [0.5, 0.6) is 0 Å². The van der Waals surface area contributed by atoms with E-state index in [1.807, 2.05) is 13.8 Å². The smallest absolute Gasteiger partial charge is 0.358 e. The molecular weight excluding hydrogens is 234 g/mol. The number of anilines is 1. The summed E-state index contributed by atoms with van der Waals surface area (Å²) in [7, 11) is 1.30. The molecule has 2 rings (SSSR count). The van der Waals surface area contributed by atoms with Gasteiger partial charge >= 0.3 is 5.97 Å². The second-order valence-electron chi connectivity index (χ2n) is 5.05. The van der Waals surface area contributed by atoms with Crippen LogP contribution >= 0.6 is 0 Å². The zero-order valence-electron chi connectivity index (χ0n) is 10.7. The summed E-state index contributed by atoms with van der Waals surface area (Å²) >= 11 is 0. The van der Waals surface area contributed by atoms with Gasteiger partial charge in [0.1, 0.15) is 5.82 Å². The molecule has 0 saturated heterocycles. The monoisotopic (exact) mass is 251 g/mol. The number of ether oxygens (including phenoxy) is 1. The quantitative estimate of drug-likeness (QED) is 0.774. The number of carbonyl (C=O) groups excluding carboxylic acids is 1. The molecule has 1 aromatic rings. The van der Waals surface area contributed by atoms with Crippen molar-refractivity contribution in [1.82, 2.24) is 9.97 Å². The molecule has 1 aliphatic rings. The number of hydrogen-bond donors (Lipinski definition) is 2. The first kappa shape index (κ1) is 12.8. The van der Waals surface area contributed by atoms with Gasteiger partial charge in [-0.05, 0) is 6.42 Å². The molecule has 2 atom stereocenters. The van der Waals surface area contributed by atoms with Crippen LogP contribution in [0.1, 0.15) is 30.8 Å². The van der Waals surface area contributed by atoms with Gasteiger partial charge in [-0.1, -0.05) is 13.8 Å². The fraction of sp³-hybridized carbons (Fsp3) is 0.583. The van der Waals surface area contributed by atoms with Gasteiger partial charge in [-0.25, -0.2) is 14.8 Å². The van der Waals surface area contributed by atoms with Gasteiger partial charge in [-0.3, -0.25) is 0 Å². The highest BCUT2D eigenvalue weighted by Crippen LogP contribution is 2.41. The summed E-state index contributed by atoms with van der Waals surface area (Å²) in [6.45, 7) is 3.99. The average molecular weight is 251 g/mol. The summed E-state index contributed by atoms with van der Waals surface area (Å²) in [5, 5.41) is 12.8. The van der Waals surface area contributed by atoms with Gasteiger partial charge in [0.05, 0.1) is 25.6 Å². The predicted octanol–water partition coefficient (Wildman–Crippen LogP) is 0.834. The molecular formula is C12H17N3O3. The predicted molar refractivity (Wildman–Crippen MR) is 65.2 cm³/mol. The van der Waals surface area contributed by atoms with Crippen molar-refractivity contribution in [2.24, 2.45) is 5.41 Å². The number of methoxy groups -OCH3 is 1. The molecule has 2 unspecified atom stereocenters. The maximum absolute atomic E-state index is 11.2. The SMILES string of the molecule is COC(=O)c1cnc(NC2CC(O)C2(C)C)cn1. The maximum atomic E-state index is 11.2. The summed E-state index contributed by atoms with van der Waals surface area (Å²) in [5.74, 6) is 0.0843.